The maximum Gasteiger partial charge on any atom is 0.241 e. The van der Waals surface area contributed by atoms with Crippen LogP contribution in [0.15, 0.2) is 17.0 Å². The Morgan fingerprint density at radius 3 is 2.35 bits per heavy atom. The minimum Gasteiger partial charge on any atom is -0.398 e. The maximum absolute atomic E-state index is 12.7. The Labute approximate surface area is 121 Å². The number of benzene rings is 1. The van der Waals surface area contributed by atoms with Gasteiger partial charge in [-0.1, -0.05) is 13.8 Å². The lowest BCUT2D eigenvalue weighted by Gasteiger charge is -2.38. The van der Waals surface area contributed by atoms with Crippen LogP contribution in [0.2, 0.25) is 0 Å². The standard InChI is InChI=1S/C15H24N2O2S/c1-4-11-9-13(16)12(5-2)14(10-11)20(18,19)17-15(3)7-6-8-15/h9-10,17H,4-8,16H2,1-3H3. The van der Waals surface area contributed by atoms with Gasteiger partial charge >= 0.3 is 0 Å². The molecule has 0 amide bonds. The van der Waals surface area contributed by atoms with E-state index in [0.29, 0.717) is 17.0 Å². The van der Waals surface area contributed by atoms with Crippen LogP contribution < -0.4 is 10.5 Å². The Morgan fingerprint density at radius 1 is 1.25 bits per heavy atom. The fraction of sp³-hybridized carbons (Fsp3) is 0.600. The molecule has 112 valence electrons. The molecule has 3 N–H and O–H groups in total. The zero-order valence-corrected chi connectivity index (χ0v) is 13.3. The zero-order valence-electron chi connectivity index (χ0n) is 12.5. The van der Waals surface area contributed by atoms with E-state index in [1.807, 2.05) is 26.8 Å². The van der Waals surface area contributed by atoms with Crippen LogP contribution in [0.4, 0.5) is 5.69 Å². The second kappa shape index (κ2) is 5.37. The first-order valence-electron chi connectivity index (χ1n) is 7.26. The second-order valence-corrected chi connectivity index (χ2v) is 7.54. The summed E-state index contributed by atoms with van der Waals surface area (Å²) in [4.78, 5) is 0.352. The van der Waals surface area contributed by atoms with Gasteiger partial charge in [-0.2, -0.15) is 0 Å². The number of nitrogen functional groups attached to an aromatic ring is 1. The van der Waals surface area contributed by atoms with Gasteiger partial charge in [0.25, 0.3) is 0 Å². The minimum atomic E-state index is -3.51. The van der Waals surface area contributed by atoms with Crippen LogP contribution >= 0.6 is 0 Å². The van der Waals surface area contributed by atoms with Crippen molar-refractivity contribution in [2.45, 2.75) is 63.3 Å². The van der Waals surface area contributed by atoms with E-state index in [4.69, 9.17) is 5.73 Å². The summed E-state index contributed by atoms with van der Waals surface area (Å²) in [5, 5.41) is 0. The van der Waals surface area contributed by atoms with E-state index < -0.39 is 10.0 Å². The van der Waals surface area contributed by atoms with Crippen molar-refractivity contribution in [1.29, 1.82) is 0 Å². The summed E-state index contributed by atoms with van der Waals surface area (Å²) in [5.74, 6) is 0. The first-order valence-corrected chi connectivity index (χ1v) is 8.75. The van der Waals surface area contributed by atoms with Gasteiger partial charge in [0.1, 0.15) is 0 Å². The van der Waals surface area contributed by atoms with E-state index in [2.05, 4.69) is 4.72 Å². The van der Waals surface area contributed by atoms with E-state index in [0.717, 1.165) is 36.8 Å². The van der Waals surface area contributed by atoms with Crippen molar-refractivity contribution < 1.29 is 8.42 Å². The lowest BCUT2D eigenvalue weighted by molar-refractivity contribution is 0.248. The Hall–Kier alpha value is -1.07. The minimum absolute atomic E-state index is 0.291. The number of rotatable bonds is 5. The van der Waals surface area contributed by atoms with Gasteiger partial charge in [-0.15, -0.1) is 0 Å². The first kappa shape index (κ1) is 15.3. The molecule has 0 bridgehead atoms. The van der Waals surface area contributed by atoms with Crippen LogP contribution in [0.5, 0.6) is 0 Å². The second-order valence-electron chi connectivity index (χ2n) is 5.89. The van der Waals surface area contributed by atoms with E-state index in [1.165, 1.54) is 0 Å². The van der Waals surface area contributed by atoms with Gasteiger partial charge < -0.3 is 5.73 Å². The van der Waals surface area contributed by atoms with E-state index in [1.54, 1.807) is 6.07 Å². The highest BCUT2D eigenvalue weighted by atomic mass is 32.2. The summed E-state index contributed by atoms with van der Waals surface area (Å²) in [6, 6.07) is 3.64. The molecule has 1 fully saturated rings. The van der Waals surface area contributed by atoms with Crippen LogP contribution in [-0.2, 0) is 22.9 Å². The number of nitrogens with two attached hydrogens (primary N) is 1. The van der Waals surface area contributed by atoms with Crippen LogP contribution in [0.25, 0.3) is 0 Å². The van der Waals surface area contributed by atoms with Gasteiger partial charge in [-0.3, -0.25) is 0 Å². The molecule has 5 heteroatoms. The summed E-state index contributed by atoms with van der Waals surface area (Å²) in [7, 11) is -3.51. The van der Waals surface area contributed by atoms with Crippen molar-refractivity contribution in [2.24, 2.45) is 0 Å². The molecule has 1 aliphatic carbocycles. The number of hydrogen-bond donors (Lipinski definition) is 2. The van der Waals surface area contributed by atoms with E-state index in [-0.39, 0.29) is 5.54 Å². The van der Waals surface area contributed by atoms with Gasteiger partial charge in [0.2, 0.25) is 10.0 Å². The van der Waals surface area contributed by atoms with Crippen LogP contribution in [0.1, 0.15) is 51.2 Å². The van der Waals surface area contributed by atoms with E-state index in [9.17, 15) is 8.42 Å². The average Bonchev–Trinajstić information content (AvgIpc) is 2.35. The fourth-order valence-corrected chi connectivity index (χ4v) is 4.59. The normalized spacial score (nSPS) is 17.8. The lowest BCUT2D eigenvalue weighted by Crippen LogP contribution is -2.50. The van der Waals surface area contributed by atoms with Crippen LogP contribution in [0.3, 0.4) is 0 Å². The highest BCUT2D eigenvalue weighted by Gasteiger charge is 2.37. The Morgan fingerprint density at radius 2 is 1.90 bits per heavy atom. The zero-order chi connectivity index (χ0) is 15.0. The highest BCUT2D eigenvalue weighted by molar-refractivity contribution is 7.89. The number of sulfonamides is 1. The summed E-state index contributed by atoms with van der Waals surface area (Å²) < 4.78 is 28.2. The molecule has 0 atom stereocenters. The molecular weight excluding hydrogens is 272 g/mol. The van der Waals surface area contributed by atoms with Crippen molar-refractivity contribution >= 4 is 15.7 Å². The predicted molar refractivity (Wildman–Crippen MR) is 82.2 cm³/mol. The van der Waals surface area contributed by atoms with Gasteiger partial charge in [0, 0.05) is 11.2 Å². The summed E-state index contributed by atoms with van der Waals surface area (Å²) in [6.07, 6.45) is 4.26. The van der Waals surface area contributed by atoms with Crippen molar-refractivity contribution in [1.82, 2.24) is 4.72 Å². The SMILES string of the molecule is CCc1cc(N)c(CC)c(S(=O)(=O)NC2(C)CCC2)c1. The number of hydrogen-bond acceptors (Lipinski definition) is 3. The molecule has 2 rings (SSSR count). The van der Waals surface area contributed by atoms with Gasteiger partial charge in [0.15, 0.2) is 0 Å². The molecule has 1 aromatic carbocycles. The maximum atomic E-state index is 12.7. The molecule has 1 aliphatic rings. The quantitative estimate of drug-likeness (QED) is 0.820. The Kier molecular flexibility index (Phi) is 4.12. The summed E-state index contributed by atoms with van der Waals surface area (Å²) in [6.45, 7) is 5.89. The molecule has 20 heavy (non-hydrogen) atoms. The molecule has 0 spiro atoms. The molecule has 1 aromatic rings. The molecule has 0 heterocycles. The smallest absolute Gasteiger partial charge is 0.241 e. The van der Waals surface area contributed by atoms with Crippen LogP contribution in [-0.4, -0.2) is 14.0 Å². The summed E-state index contributed by atoms with van der Waals surface area (Å²) >= 11 is 0. The third-order valence-corrected chi connectivity index (χ3v) is 5.90. The molecule has 0 aliphatic heterocycles. The first-order chi connectivity index (χ1) is 9.31. The van der Waals surface area contributed by atoms with Crippen molar-refractivity contribution in [3.05, 3.63) is 23.3 Å². The molecule has 1 saturated carbocycles. The fourth-order valence-electron chi connectivity index (χ4n) is 2.74. The topological polar surface area (TPSA) is 72.2 Å². The van der Waals surface area contributed by atoms with Crippen molar-refractivity contribution in [3.63, 3.8) is 0 Å². The Bertz CT molecular complexity index is 605. The van der Waals surface area contributed by atoms with Gasteiger partial charge in [-0.05, 0) is 62.3 Å². The third kappa shape index (κ3) is 2.83. The molecule has 4 nitrogen and oxygen atoms in total. The summed E-state index contributed by atoms with van der Waals surface area (Å²) in [5.41, 5.74) is 7.98. The van der Waals surface area contributed by atoms with Crippen molar-refractivity contribution in [2.75, 3.05) is 5.73 Å². The van der Waals surface area contributed by atoms with Crippen LogP contribution in [0, 0.1) is 0 Å². The number of aryl methyl sites for hydroxylation is 1. The van der Waals surface area contributed by atoms with E-state index >= 15 is 0 Å². The number of anilines is 1. The average molecular weight is 296 g/mol. The van der Waals surface area contributed by atoms with Gasteiger partial charge in [-0.25, -0.2) is 13.1 Å². The number of nitrogens with one attached hydrogen (secondary N) is 1. The highest BCUT2D eigenvalue weighted by Crippen LogP contribution is 2.34. The monoisotopic (exact) mass is 296 g/mol. The molecular formula is C15H24N2O2S. The lowest BCUT2D eigenvalue weighted by atomic mass is 9.80. The predicted octanol–water partition coefficient (Wildman–Crippen LogP) is 2.61. The molecule has 0 saturated heterocycles. The Balaban J connectivity index is 2.46. The molecule has 0 radical (unpaired) electrons. The third-order valence-electron chi connectivity index (χ3n) is 4.19. The largest absolute Gasteiger partial charge is 0.398 e. The molecule has 0 unspecified atom stereocenters. The van der Waals surface area contributed by atoms with Crippen molar-refractivity contribution in [3.8, 4) is 0 Å². The molecule has 0 aromatic heterocycles. The van der Waals surface area contributed by atoms with Gasteiger partial charge in [0.05, 0.1) is 4.90 Å².